The highest BCUT2D eigenvalue weighted by molar-refractivity contribution is 9.11. The molecule has 1 aromatic rings. The lowest BCUT2D eigenvalue weighted by molar-refractivity contribution is 0.578. The lowest BCUT2D eigenvalue weighted by atomic mass is 10.2. The monoisotopic (exact) mass is 429 g/mol. The first kappa shape index (κ1) is 17.5. The van der Waals surface area contributed by atoms with Crippen LogP contribution < -0.4 is 4.72 Å². The predicted molar refractivity (Wildman–Crippen MR) is 89.4 cm³/mol. The van der Waals surface area contributed by atoms with Crippen molar-refractivity contribution in [2.24, 2.45) is 0 Å². The van der Waals surface area contributed by atoms with Crippen molar-refractivity contribution in [2.75, 3.05) is 18.6 Å². The maximum atomic E-state index is 12.2. The molecule has 0 radical (unpaired) electrons. The van der Waals surface area contributed by atoms with E-state index < -0.39 is 10.0 Å². The zero-order valence-electron chi connectivity index (χ0n) is 10.9. The Kier molecular flexibility index (Phi) is 7.39. The van der Waals surface area contributed by atoms with Gasteiger partial charge in [0.1, 0.15) is 0 Å². The summed E-state index contributed by atoms with van der Waals surface area (Å²) in [5.74, 6) is 1.06. The Morgan fingerprint density at radius 2 is 1.89 bits per heavy atom. The predicted octanol–water partition coefficient (Wildman–Crippen LogP) is 3.94. The highest BCUT2D eigenvalue weighted by atomic mass is 79.9. The minimum absolute atomic E-state index is 0.273. The average molecular weight is 431 g/mol. The number of sulfonamides is 1. The van der Waals surface area contributed by atoms with E-state index in [4.69, 9.17) is 0 Å². The fourth-order valence-corrected chi connectivity index (χ4v) is 4.73. The summed E-state index contributed by atoms with van der Waals surface area (Å²) in [6.45, 7) is 2.39. The van der Waals surface area contributed by atoms with Crippen molar-refractivity contribution in [3.8, 4) is 0 Å². The Balaban J connectivity index is 2.75. The summed E-state index contributed by atoms with van der Waals surface area (Å²) < 4.78 is 28.4. The van der Waals surface area contributed by atoms with Crippen LogP contribution in [0.4, 0.5) is 0 Å². The van der Waals surface area contributed by atoms with Gasteiger partial charge in [0.25, 0.3) is 0 Å². The van der Waals surface area contributed by atoms with E-state index in [-0.39, 0.29) is 4.90 Å². The molecule has 0 fully saturated rings. The molecule has 19 heavy (non-hydrogen) atoms. The Hall–Kier alpha value is 0.440. The van der Waals surface area contributed by atoms with Gasteiger partial charge in [-0.3, -0.25) is 0 Å². The van der Waals surface area contributed by atoms with E-state index in [0.717, 1.165) is 28.6 Å². The highest BCUT2D eigenvalue weighted by Crippen LogP contribution is 2.28. The summed E-state index contributed by atoms with van der Waals surface area (Å²) in [7, 11) is -3.45. The fourth-order valence-electron chi connectivity index (χ4n) is 1.49. The Morgan fingerprint density at radius 1 is 1.21 bits per heavy atom. The molecule has 7 heteroatoms. The summed E-state index contributed by atoms with van der Waals surface area (Å²) in [5.41, 5.74) is 0.991. The minimum atomic E-state index is -3.45. The standard InChI is InChI=1S/C12H17Br2NO2S2/c1-9-7-11(14)12(8-10(9)13)19(16,17)15-5-3-4-6-18-2/h7-8,15H,3-6H2,1-2H3. The molecule has 1 rings (SSSR count). The van der Waals surface area contributed by atoms with Gasteiger partial charge in [-0.2, -0.15) is 11.8 Å². The molecule has 0 saturated carbocycles. The molecule has 0 aromatic heterocycles. The summed E-state index contributed by atoms with van der Waals surface area (Å²) in [6, 6.07) is 3.43. The number of rotatable bonds is 7. The van der Waals surface area contributed by atoms with Gasteiger partial charge in [-0.1, -0.05) is 15.9 Å². The van der Waals surface area contributed by atoms with E-state index in [9.17, 15) is 8.42 Å². The normalized spacial score (nSPS) is 11.8. The van der Waals surface area contributed by atoms with Gasteiger partial charge >= 0.3 is 0 Å². The second kappa shape index (κ2) is 8.02. The molecule has 0 heterocycles. The molecule has 0 unspecified atom stereocenters. The van der Waals surface area contributed by atoms with Crippen molar-refractivity contribution in [1.29, 1.82) is 0 Å². The SMILES string of the molecule is CSCCCCNS(=O)(=O)c1cc(Br)c(C)cc1Br. The number of hydrogen-bond donors (Lipinski definition) is 1. The number of hydrogen-bond acceptors (Lipinski definition) is 3. The summed E-state index contributed by atoms with van der Waals surface area (Å²) in [6.07, 6.45) is 3.91. The van der Waals surface area contributed by atoms with Gasteiger partial charge in [0.05, 0.1) is 4.90 Å². The van der Waals surface area contributed by atoms with Gasteiger partial charge in [-0.25, -0.2) is 13.1 Å². The summed E-state index contributed by atoms with van der Waals surface area (Å²) >= 11 is 8.44. The van der Waals surface area contributed by atoms with Crippen LogP contribution in [-0.2, 0) is 10.0 Å². The van der Waals surface area contributed by atoms with Gasteiger partial charge < -0.3 is 0 Å². The zero-order valence-corrected chi connectivity index (χ0v) is 15.7. The lowest BCUT2D eigenvalue weighted by Crippen LogP contribution is -2.25. The van der Waals surface area contributed by atoms with Crippen molar-refractivity contribution >= 4 is 53.6 Å². The highest BCUT2D eigenvalue weighted by Gasteiger charge is 2.18. The minimum Gasteiger partial charge on any atom is -0.211 e. The Bertz CT molecular complexity index is 533. The third-order valence-electron chi connectivity index (χ3n) is 2.57. The van der Waals surface area contributed by atoms with Crippen molar-refractivity contribution in [3.63, 3.8) is 0 Å². The third kappa shape index (κ3) is 5.38. The number of unbranched alkanes of at least 4 members (excludes halogenated alkanes) is 1. The first-order chi connectivity index (χ1) is 8.88. The maximum Gasteiger partial charge on any atom is 0.241 e. The van der Waals surface area contributed by atoms with E-state index in [1.165, 1.54) is 0 Å². The van der Waals surface area contributed by atoms with Crippen LogP contribution in [0.5, 0.6) is 0 Å². The first-order valence-electron chi connectivity index (χ1n) is 5.82. The largest absolute Gasteiger partial charge is 0.241 e. The van der Waals surface area contributed by atoms with Gasteiger partial charge in [-0.15, -0.1) is 0 Å². The molecule has 0 atom stereocenters. The molecular formula is C12H17Br2NO2S2. The van der Waals surface area contributed by atoms with Crippen LogP contribution in [0, 0.1) is 6.92 Å². The van der Waals surface area contributed by atoms with E-state index in [1.54, 1.807) is 23.9 Å². The molecule has 0 aliphatic rings. The fraction of sp³-hybridized carbons (Fsp3) is 0.500. The van der Waals surface area contributed by atoms with Gasteiger partial charge in [0.2, 0.25) is 10.0 Å². The van der Waals surface area contributed by atoms with Crippen LogP contribution in [-0.4, -0.2) is 27.0 Å². The van der Waals surface area contributed by atoms with Crippen molar-refractivity contribution < 1.29 is 8.42 Å². The molecule has 108 valence electrons. The van der Waals surface area contributed by atoms with Gasteiger partial charge in [0, 0.05) is 15.5 Å². The zero-order chi connectivity index (χ0) is 14.5. The third-order valence-corrected chi connectivity index (χ3v) is 6.54. The molecule has 0 saturated heterocycles. The summed E-state index contributed by atoms with van der Waals surface area (Å²) in [4.78, 5) is 0.273. The van der Waals surface area contributed by atoms with E-state index in [1.807, 2.05) is 13.2 Å². The summed E-state index contributed by atoms with van der Waals surface area (Å²) in [5, 5.41) is 0. The number of aryl methyl sites for hydroxylation is 1. The van der Waals surface area contributed by atoms with Crippen molar-refractivity contribution in [2.45, 2.75) is 24.7 Å². The van der Waals surface area contributed by atoms with E-state index in [2.05, 4.69) is 36.6 Å². The molecule has 0 aliphatic heterocycles. The molecule has 1 N–H and O–H groups in total. The second-order valence-electron chi connectivity index (χ2n) is 4.13. The Morgan fingerprint density at radius 3 is 2.53 bits per heavy atom. The number of halogens is 2. The second-order valence-corrected chi connectivity index (χ2v) is 8.56. The number of thioether (sulfide) groups is 1. The van der Waals surface area contributed by atoms with E-state index in [0.29, 0.717) is 11.0 Å². The molecule has 0 spiro atoms. The average Bonchev–Trinajstić information content (AvgIpc) is 2.33. The van der Waals surface area contributed by atoms with E-state index >= 15 is 0 Å². The topological polar surface area (TPSA) is 46.2 Å². The van der Waals surface area contributed by atoms with Crippen LogP contribution in [0.15, 0.2) is 26.0 Å². The van der Waals surface area contributed by atoms with Gasteiger partial charge in [0.15, 0.2) is 0 Å². The van der Waals surface area contributed by atoms with Crippen LogP contribution in [0.3, 0.4) is 0 Å². The van der Waals surface area contributed by atoms with Crippen LogP contribution in [0.1, 0.15) is 18.4 Å². The van der Waals surface area contributed by atoms with Gasteiger partial charge in [-0.05, 0) is 65.4 Å². The van der Waals surface area contributed by atoms with Crippen LogP contribution >= 0.6 is 43.6 Å². The maximum absolute atomic E-state index is 12.2. The Labute approximate surface area is 136 Å². The van der Waals surface area contributed by atoms with Crippen LogP contribution in [0.2, 0.25) is 0 Å². The number of benzene rings is 1. The van der Waals surface area contributed by atoms with Crippen molar-refractivity contribution in [1.82, 2.24) is 4.72 Å². The first-order valence-corrected chi connectivity index (χ1v) is 10.3. The molecule has 1 aromatic carbocycles. The van der Waals surface area contributed by atoms with Crippen LogP contribution in [0.25, 0.3) is 0 Å². The molecule has 0 aliphatic carbocycles. The van der Waals surface area contributed by atoms with Crippen molar-refractivity contribution in [3.05, 3.63) is 26.6 Å². The molecule has 3 nitrogen and oxygen atoms in total. The molecule has 0 amide bonds. The molecule has 0 bridgehead atoms. The smallest absolute Gasteiger partial charge is 0.211 e. The lowest BCUT2D eigenvalue weighted by Gasteiger charge is -2.10. The quantitative estimate of drug-likeness (QED) is 0.666. The molecular weight excluding hydrogens is 414 g/mol. The number of nitrogens with one attached hydrogen (secondary N) is 1.